The van der Waals surface area contributed by atoms with E-state index in [1.54, 1.807) is 0 Å². The summed E-state index contributed by atoms with van der Waals surface area (Å²) in [5, 5.41) is 35.7. The molecule has 4 N–H and O–H groups in total. The van der Waals surface area contributed by atoms with E-state index in [0.29, 0.717) is 0 Å². The van der Waals surface area contributed by atoms with E-state index < -0.39 is 24.4 Å². The van der Waals surface area contributed by atoms with E-state index >= 15 is 0 Å². The molecule has 0 aromatic carbocycles. The summed E-state index contributed by atoms with van der Waals surface area (Å²) >= 11 is 0. The van der Waals surface area contributed by atoms with E-state index in [2.05, 4.69) is 0 Å². The van der Waals surface area contributed by atoms with Crippen molar-refractivity contribution in [1.29, 1.82) is 0 Å². The lowest BCUT2D eigenvalue weighted by Crippen LogP contribution is -2.53. The summed E-state index contributed by atoms with van der Waals surface area (Å²) in [6.07, 6.45) is -4.27. The number of hydrogen-bond acceptors (Lipinski definition) is 5. The Labute approximate surface area is 63.8 Å². The van der Waals surface area contributed by atoms with Gasteiger partial charge in [-0.2, -0.15) is 0 Å². The molecule has 1 saturated heterocycles. The molecule has 0 aliphatic carbocycles. The van der Waals surface area contributed by atoms with Crippen LogP contribution < -0.4 is 0 Å². The molecular formula is C6H12O5. The summed E-state index contributed by atoms with van der Waals surface area (Å²) in [5.74, 6) is 0. The van der Waals surface area contributed by atoms with E-state index in [4.69, 9.17) is 25.2 Å². The van der Waals surface area contributed by atoms with Crippen LogP contribution in [0.4, 0.5) is 0 Å². The highest BCUT2D eigenvalue weighted by molar-refractivity contribution is 4.85. The maximum atomic E-state index is 9.11. The number of ether oxygens (including phenoxy) is 1. The van der Waals surface area contributed by atoms with Gasteiger partial charge in [0.2, 0.25) is 0 Å². The lowest BCUT2D eigenvalue weighted by atomic mass is 10.0. The van der Waals surface area contributed by atoms with Crippen LogP contribution in [-0.2, 0) is 4.74 Å². The fourth-order valence-electron chi connectivity index (χ4n) is 1.03. The quantitative estimate of drug-likeness (QED) is 0.343. The average Bonchev–Trinajstić information content (AvgIpc) is 2.01. The minimum absolute atomic E-state index is 0.0521. The standard InChI is InChI=1S/C6H12O5/c7-1-4-6(10)5(9)3(8)2-11-4/h3-10H,1-2H2/t3-,4-,5-,6?/m0/s1. The first-order valence-corrected chi connectivity index (χ1v) is 3.43. The minimum Gasteiger partial charge on any atom is -0.394 e. The number of rotatable bonds is 1. The van der Waals surface area contributed by atoms with Gasteiger partial charge in [-0.15, -0.1) is 0 Å². The molecule has 1 unspecified atom stereocenters. The molecule has 0 spiro atoms. The van der Waals surface area contributed by atoms with Gasteiger partial charge in [-0.25, -0.2) is 0 Å². The van der Waals surface area contributed by atoms with E-state index in [0.717, 1.165) is 0 Å². The maximum Gasteiger partial charge on any atom is 0.111 e. The Kier molecular flexibility index (Phi) is 2.80. The molecule has 1 aliphatic heterocycles. The molecule has 0 radical (unpaired) electrons. The van der Waals surface area contributed by atoms with E-state index in [1.807, 2.05) is 0 Å². The Balaban J connectivity index is 2.52. The highest BCUT2D eigenvalue weighted by Gasteiger charge is 2.36. The molecule has 0 aromatic heterocycles. The molecule has 0 amide bonds. The van der Waals surface area contributed by atoms with Gasteiger partial charge in [-0.1, -0.05) is 0 Å². The van der Waals surface area contributed by atoms with Gasteiger partial charge in [0, 0.05) is 0 Å². The molecule has 0 bridgehead atoms. The molecule has 1 heterocycles. The van der Waals surface area contributed by atoms with Crippen LogP contribution in [0.1, 0.15) is 0 Å². The maximum absolute atomic E-state index is 9.11. The molecule has 66 valence electrons. The molecule has 1 rings (SSSR count). The van der Waals surface area contributed by atoms with Crippen LogP contribution >= 0.6 is 0 Å². The van der Waals surface area contributed by atoms with Crippen molar-refractivity contribution in [2.75, 3.05) is 13.2 Å². The number of aliphatic hydroxyl groups is 4. The third-order valence-electron chi connectivity index (χ3n) is 1.79. The molecule has 5 heteroatoms. The van der Waals surface area contributed by atoms with Gasteiger partial charge in [-0.05, 0) is 0 Å². The normalized spacial score (nSPS) is 45.8. The molecule has 0 aromatic rings. The Hall–Kier alpha value is -0.200. The molecule has 1 aliphatic rings. The Morgan fingerprint density at radius 3 is 2.36 bits per heavy atom. The summed E-state index contributed by atoms with van der Waals surface area (Å²) in [6, 6.07) is 0. The SMILES string of the molecule is OC[C@@H]1OC[C@H](O)[C@H](O)C1O. The summed E-state index contributed by atoms with van der Waals surface area (Å²) in [6.45, 7) is -0.408. The van der Waals surface area contributed by atoms with Crippen molar-refractivity contribution in [3.05, 3.63) is 0 Å². The van der Waals surface area contributed by atoms with Crippen LogP contribution in [0.2, 0.25) is 0 Å². The van der Waals surface area contributed by atoms with Crippen molar-refractivity contribution in [3.63, 3.8) is 0 Å². The van der Waals surface area contributed by atoms with Gasteiger partial charge in [0.1, 0.15) is 24.4 Å². The predicted molar refractivity (Wildman–Crippen MR) is 34.8 cm³/mol. The van der Waals surface area contributed by atoms with Gasteiger partial charge in [0.05, 0.1) is 13.2 Å². The fourth-order valence-corrected chi connectivity index (χ4v) is 1.03. The smallest absolute Gasteiger partial charge is 0.111 e. The Morgan fingerprint density at radius 1 is 1.18 bits per heavy atom. The van der Waals surface area contributed by atoms with Gasteiger partial charge >= 0.3 is 0 Å². The second-order valence-electron chi connectivity index (χ2n) is 2.60. The molecule has 0 saturated carbocycles. The van der Waals surface area contributed by atoms with Crippen molar-refractivity contribution in [3.8, 4) is 0 Å². The lowest BCUT2D eigenvalue weighted by molar-refractivity contribution is -0.195. The van der Waals surface area contributed by atoms with Gasteiger partial charge in [0.25, 0.3) is 0 Å². The zero-order valence-corrected chi connectivity index (χ0v) is 5.92. The molecule has 5 nitrogen and oxygen atoms in total. The van der Waals surface area contributed by atoms with E-state index in [1.165, 1.54) is 0 Å². The van der Waals surface area contributed by atoms with Gasteiger partial charge in [-0.3, -0.25) is 0 Å². The van der Waals surface area contributed by atoms with Crippen LogP contribution in [0.5, 0.6) is 0 Å². The Bertz CT molecular complexity index is 126. The first kappa shape index (κ1) is 8.89. The van der Waals surface area contributed by atoms with E-state index in [9.17, 15) is 0 Å². The van der Waals surface area contributed by atoms with Crippen LogP contribution in [-0.4, -0.2) is 58.1 Å². The average molecular weight is 164 g/mol. The van der Waals surface area contributed by atoms with Crippen molar-refractivity contribution in [1.82, 2.24) is 0 Å². The third kappa shape index (κ3) is 1.69. The highest BCUT2D eigenvalue weighted by atomic mass is 16.5. The topological polar surface area (TPSA) is 90.2 Å². The van der Waals surface area contributed by atoms with Gasteiger partial charge in [0.15, 0.2) is 0 Å². The summed E-state index contributed by atoms with van der Waals surface area (Å²) in [7, 11) is 0. The zero-order valence-electron chi connectivity index (χ0n) is 5.92. The third-order valence-corrected chi connectivity index (χ3v) is 1.79. The predicted octanol–water partition coefficient (Wildman–Crippen LogP) is -2.54. The number of hydrogen-bond donors (Lipinski definition) is 4. The first-order valence-electron chi connectivity index (χ1n) is 3.43. The van der Waals surface area contributed by atoms with Crippen molar-refractivity contribution in [2.45, 2.75) is 24.4 Å². The fraction of sp³-hybridized carbons (Fsp3) is 1.00. The number of aliphatic hydroxyl groups excluding tert-OH is 4. The first-order chi connectivity index (χ1) is 5.16. The molecule has 11 heavy (non-hydrogen) atoms. The molecule has 4 atom stereocenters. The highest BCUT2D eigenvalue weighted by Crippen LogP contribution is 2.14. The molecule has 1 fully saturated rings. The van der Waals surface area contributed by atoms with Crippen LogP contribution in [0.3, 0.4) is 0 Å². The molecular weight excluding hydrogens is 152 g/mol. The van der Waals surface area contributed by atoms with Crippen molar-refractivity contribution < 1.29 is 25.2 Å². The minimum atomic E-state index is -1.22. The van der Waals surface area contributed by atoms with Crippen LogP contribution in [0.25, 0.3) is 0 Å². The van der Waals surface area contributed by atoms with Crippen LogP contribution in [0.15, 0.2) is 0 Å². The van der Waals surface area contributed by atoms with Crippen molar-refractivity contribution >= 4 is 0 Å². The second kappa shape index (κ2) is 3.46. The largest absolute Gasteiger partial charge is 0.394 e. The van der Waals surface area contributed by atoms with E-state index in [-0.39, 0.29) is 13.2 Å². The monoisotopic (exact) mass is 164 g/mol. The lowest BCUT2D eigenvalue weighted by Gasteiger charge is -2.34. The second-order valence-corrected chi connectivity index (χ2v) is 2.60. The Morgan fingerprint density at radius 2 is 1.82 bits per heavy atom. The summed E-state index contributed by atoms with van der Waals surface area (Å²) < 4.78 is 4.81. The van der Waals surface area contributed by atoms with Gasteiger partial charge < -0.3 is 25.2 Å². The summed E-state index contributed by atoms with van der Waals surface area (Å²) in [4.78, 5) is 0. The van der Waals surface area contributed by atoms with Crippen molar-refractivity contribution in [2.24, 2.45) is 0 Å². The summed E-state index contributed by atoms with van der Waals surface area (Å²) in [5.41, 5.74) is 0. The van der Waals surface area contributed by atoms with Crippen LogP contribution in [0, 0.1) is 0 Å². The zero-order chi connectivity index (χ0) is 8.43.